The summed E-state index contributed by atoms with van der Waals surface area (Å²) >= 11 is 4.00. The Labute approximate surface area is 167 Å². The van der Waals surface area contributed by atoms with Crippen molar-refractivity contribution in [3.05, 3.63) is 29.0 Å². The van der Waals surface area contributed by atoms with Crippen LogP contribution < -0.4 is 10.6 Å². The predicted octanol–water partition coefficient (Wildman–Crippen LogP) is 2.51. The van der Waals surface area contributed by atoms with E-state index in [4.69, 9.17) is 0 Å². The third-order valence-corrected chi connectivity index (χ3v) is 5.88. The zero-order valence-electron chi connectivity index (χ0n) is 14.6. The van der Waals surface area contributed by atoms with E-state index in [0.29, 0.717) is 27.8 Å². The molecule has 0 unspecified atom stereocenters. The van der Waals surface area contributed by atoms with Crippen molar-refractivity contribution >= 4 is 56.5 Å². The zero-order chi connectivity index (χ0) is 19.2. The number of carbonyl (C=O) groups excluding carboxylic acids is 2. The standard InChI is InChI=1S/C15H17N7O2S3/c1-3-22-10(8-11(23)18-13-16-4-6-25-13)20-21-15(22)27-9(2)12(24)19-14-17-5-7-26-14/h4-7,9H,3,8H2,1-2H3,(H,16,18,23)(H,17,19,24)/t9-/m0/s1. The molecule has 1 atom stereocenters. The van der Waals surface area contributed by atoms with Crippen molar-refractivity contribution in [3.8, 4) is 0 Å². The summed E-state index contributed by atoms with van der Waals surface area (Å²) in [5.41, 5.74) is 0. The first-order valence-electron chi connectivity index (χ1n) is 8.05. The molecule has 0 fully saturated rings. The summed E-state index contributed by atoms with van der Waals surface area (Å²) in [5, 5.41) is 18.6. The SMILES string of the molecule is CCn1c(CC(=O)Nc2nccs2)nnc1S[C@@H](C)C(=O)Nc1nccs1. The second-order valence-corrected chi connectivity index (χ2v) is 8.39. The van der Waals surface area contributed by atoms with Crippen molar-refractivity contribution in [2.24, 2.45) is 0 Å². The topological polar surface area (TPSA) is 115 Å². The molecule has 12 heteroatoms. The Morgan fingerprint density at radius 1 is 1.15 bits per heavy atom. The Kier molecular flexibility index (Phi) is 6.53. The van der Waals surface area contributed by atoms with E-state index in [9.17, 15) is 9.59 Å². The van der Waals surface area contributed by atoms with Crippen LogP contribution in [0.1, 0.15) is 19.7 Å². The molecule has 0 saturated heterocycles. The number of hydrogen-bond acceptors (Lipinski definition) is 9. The van der Waals surface area contributed by atoms with Gasteiger partial charge in [0.1, 0.15) is 5.82 Å². The van der Waals surface area contributed by atoms with Crippen molar-refractivity contribution < 1.29 is 9.59 Å². The molecule has 2 amide bonds. The highest BCUT2D eigenvalue weighted by Gasteiger charge is 2.21. The van der Waals surface area contributed by atoms with Gasteiger partial charge in [0, 0.05) is 29.7 Å². The van der Waals surface area contributed by atoms with Crippen molar-refractivity contribution in [1.29, 1.82) is 0 Å². The largest absolute Gasteiger partial charge is 0.306 e. The van der Waals surface area contributed by atoms with E-state index in [1.807, 2.05) is 11.5 Å². The van der Waals surface area contributed by atoms with Crippen LogP contribution in [0, 0.1) is 0 Å². The Morgan fingerprint density at radius 3 is 2.41 bits per heavy atom. The predicted molar refractivity (Wildman–Crippen MR) is 106 cm³/mol. The van der Waals surface area contributed by atoms with E-state index in [2.05, 4.69) is 30.8 Å². The van der Waals surface area contributed by atoms with Crippen molar-refractivity contribution in [2.75, 3.05) is 10.6 Å². The summed E-state index contributed by atoms with van der Waals surface area (Å²) in [6.07, 6.45) is 3.34. The molecule has 27 heavy (non-hydrogen) atoms. The maximum atomic E-state index is 12.3. The van der Waals surface area contributed by atoms with E-state index in [1.165, 1.54) is 34.4 Å². The molecule has 0 aromatic carbocycles. The van der Waals surface area contributed by atoms with Gasteiger partial charge in [0.15, 0.2) is 15.4 Å². The van der Waals surface area contributed by atoms with Crippen molar-refractivity contribution in [3.63, 3.8) is 0 Å². The highest BCUT2D eigenvalue weighted by atomic mass is 32.2. The van der Waals surface area contributed by atoms with Crippen LogP contribution in [-0.4, -0.2) is 41.8 Å². The molecule has 2 N–H and O–H groups in total. The summed E-state index contributed by atoms with van der Waals surface area (Å²) in [4.78, 5) is 32.5. The average molecular weight is 424 g/mol. The highest BCUT2D eigenvalue weighted by Crippen LogP contribution is 2.24. The Hall–Kier alpha value is -2.31. The fourth-order valence-corrected chi connectivity index (χ4v) is 4.16. The molecule has 142 valence electrons. The van der Waals surface area contributed by atoms with Gasteiger partial charge < -0.3 is 15.2 Å². The quantitative estimate of drug-likeness (QED) is 0.535. The molecule has 0 bridgehead atoms. The van der Waals surface area contributed by atoms with E-state index in [1.54, 1.807) is 30.1 Å². The third kappa shape index (κ3) is 5.11. The van der Waals surface area contributed by atoms with Gasteiger partial charge >= 0.3 is 0 Å². The van der Waals surface area contributed by atoms with Crippen LogP contribution in [0.4, 0.5) is 10.3 Å². The van der Waals surface area contributed by atoms with E-state index >= 15 is 0 Å². The molecule has 0 radical (unpaired) electrons. The normalized spacial score (nSPS) is 11.9. The van der Waals surface area contributed by atoms with Gasteiger partial charge in [-0.15, -0.1) is 32.9 Å². The van der Waals surface area contributed by atoms with Gasteiger partial charge in [-0.2, -0.15) is 0 Å². The number of anilines is 2. The van der Waals surface area contributed by atoms with E-state index < -0.39 is 0 Å². The van der Waals surface area contributed by atoms with Crippen LogP contribution in [-0.2, 0) is 22.6 Å². The number of thioether (sulfide) groups is 1. The number of nitrogens with one attached hydrogen (secondary N) is 2. The minimum absolute atomic E-state index is 0.0840. The summed E-state index contributed by atoms with van der Waals surface area (Å²) < 4.78 is 1.83. The van der Waals surface area contributed by atoms with Crippen LogP contribution in [0.25, 0.3) is 0 Å². The number of nitrogens with zero attached hydrogens (tertiary/aromatic N) is 5. The van der Waals surface area contributed by atoms with E-state index in [0.717, 1.165) is 0 Å². The first-order valence-corrected chi connectivity index (χ1v) is 10.7. The summed E-state index contributed by atoms with van der Waals surface area (Å²) in [7, 11) is 0. The second-order valence-electron chi connectivity index (χ2n) is 5.29. The number of amides is 2. The number of rotatable bonds is 8. The maximum Gasteiger partial charge on any atom is 0.239 e. The average Bonchev–Trinajstić information content (AvgIpc) is 3.38. The van der Waals surface area contributed by atoms with Gasteiger partial charge in [-0.1, -0.05) is 11.8 Å². The fraction of sp³-hybridized carbons (Fsp3) is 0.333. The molecule has 0 aliphatic rings. The van der Waals surface area contributed by atoms with Crippen molar-refractivity contribution in [1.82, 2.24) is 24.7 Å². The summed E-state index contributed by atoms with van der Waals surface area (Å²) in [5.74, 6) is 0.170. The van der Waals surface area contributed by atoms with Crippen LogP contribution in [0.2, 0.25) is 0 Å². The molecular weight excluding hydrogens is 406 g/mol. The lowest BCUT2D eigenvalue weighted by Gasteiger charge is -2.11. The lowest BCUT2D eigenvalue weighted by molar-refractivity contribution is -0.116. The Bertz CT molecular complexity index is 893. The lowest BCUT2D eigenvalue weighted by Crippen LogP contribution is -2.23. The van der Waals surface area contributed by atoms with E-state index in [-0.39, 0.29) is 23.5 Å². The first kappa shape index (κ1) is 19.5. The Morgan fingerprint density at radius 2 is 1.81 bits per heavy atom. The summed E-state index contributed by atoms with van der Waals surface area (Å²) in [6.45, 7) is 4.32. The lowest BCUT2D eigenvalue weighted by atomic mass is 10.4. The fourth-order valence-electron chi connectivity index (χ4n) is 2.15. The first-order chi connectivity index (χ1) is 13.1. The molecule has 0 saturated carbocycles. The highest BCUT2D eigenvalue weighted by molar-refractivity contribution is 8.00. The van der Waals surface area contributed by atoms with Crippen LogP contribution in [0.5, 0.6) is 0 Å². The smallest absolute Gasteiger partial charge is 0.239 e. The van der Waals surface area contributed by atoms with Gasteiger partial charge in [-0.05, 0) is 13.8 Å². The minimum Gasteiger partial charge on any atom is -0.306 e. The van der Waals surface area contributed by atoms with Crippen LogP contribution >= 0.6 is 34.4 Å². The number of thiazole rings is 2. The molecule has 0 aliphatic carbocycles. The number of carbonyl (C=O) groups is 2. The van der Waals surface area contributed by atoms with Crippen molar-refractivity contribution in [2.45, 2.75) is 37.2 Å². The van der Waals surface area contributed by atoms with Gasteiger partial charge in [0.2, 0.25) is 11.8 Å². The molecule has 3 rings (SSSR count). The molecule has 0 spiro atoms. The summed E-state index contributed by atoms with van der Waals surface area (Å²) in [6, 6.07) is 0. The monoisotopic (exact) mass is 423 g/mol. The Balaban J connectivity index is 1.62. The van der Waals surface area contributed by atoms with Gasteiger partial charge in [0.05, 0.1) is 11.7 Å². The maximum absolute atomic E-state index is 12.3. The molecule has 3 aromatic rings. The molecule has 9 nitrogen and oxygen atoms in total. The van der Waals surface area contributed by atoms with Crippen LogP contribution in [0.3, 0.4) is 0 Å². The van der Waals surface area contributed by atoms with Crippen LogP contribution in [0.15, 0.2) is 28.3 Å². The van der Waals surface area contributed by atoms with Gasteiger partial charge in [-0.25, -0.2) is 9.97 Å². The molecule has 3 heterocycles. The number of aromatic nitrogens is 5. The molecule has 3 aromatic heterocycles. The zero-order valence-corrected chi connectivity index (χ0v) is 17.0. The minimum atomic E-state index is -0.389. The van der Waals surface area contributed by atoms with Gasteiger partial charge in [0.25, 0.3) is 0 Å². The number of hydrogen-bond donors (Lipinski definition) is 2. The van der Waals surface area contributed by atoms with Gasteiger partial charge in [-0.3, -0.25) is 9.59 Å². The third-order valence-electron chi connectivity index (χ3n) is 3.42. The second kappa shape index (κ2) is 9.06. The molecule has 0 aliphatic heterocycles. The molecular formula is C15H17N7O2S3.